The van der Waals surface area contributed by atoms with E-state index in [1.54, 1.807) is 6.07 Å². The van der Waals surface area contributed by atoms with E-state index in [9.17, 15) is 10.1 Å². The van der Waals surface area contributed by atoms with Gasteiger partial charge in [-0.2, -0.15) is 0 Å². The lowest BCUT2D eigenvalue weighted by molar-refractivity contribution is -0.385. The third-order valence-electron chi connectivity index (χ3n) is 2.86. The average molecular weight is 237 g/mol. The first-order chi connectivity index (χ1) is 8.16. The van der Waals surface area contributed by atoms with Gasteiger partial charge in [-0.05, 0) is 25.8 Å². The molecule has 2 heterocycles. The molecule has 2 atom stereocenters. The Hall–Kier alpha value is -1.69. The summed E-state index contributed by atoms with van der Waals surface area (Å²) in [5.41, 5.74) is 0.000296. The molecule has 1 aromatic rings. The first kappa shape index (κ1) is 11.8. The van der Waals surface area contributed by atoms with Crippen molar-refractivity contribution >= 4 is 11.5 Å². The van der Waals surface area contributed by atoms with Gasteiger partial charge in [0, 0.05) is 12.7 Å². The van der Waals surface area contributed by atoms with Gasteiger partial charge in [0.1, 0.15) is 12.0 Å². The molecule has 1 saturated heterocycles. The molecule has 1 N–H and O–H groups in total. The first-order valence-electron chi connectivity index (χ1n) is 5.65. The van der Waals surface area contributed by atoms with Gasteiger partial charge in [0.25, 0.3) is 5.69 Å². The lowest BCUT2D eigenvalue weighted by Gasteiger charge is -2.20. The van der Waals surface area contributed by atoms with Crippen LogP contribution in [0.3, 0.4) is 0 Å². The number of nitrogens with zero attached hydrogens (tertiary/aromatic N) is 2. The van der Waals surface area contributed by atoms with Crippen molar-refractivity contribution in [3.05, 3.63) is 28.4 Å². The average Bonchev–Trinajstić information content (AvgIpc) is 2.83. The first-order valence-corrected chi connectivity index (χ1v) is 5.65. The monoisotopic (exact) mass is 237 g/mol. The van der Waals surface area contributed by atoms with Gasteiger partial charge in [-0.15, -0.1) is 0 Å². The van der Waals surface area contributed by atoms with Crippen LogP contribution >= 0.6 is 0 Å². The molecule has 92 valence electrons. The van der Waals surface area contributed by atoms with Gasteiger partial charge in [-0.3, -0.25) is 10.1 Å². The van der Waals surface area contributed by atoms with Crippen LogP contribution in [0.2, 0.25) is 0 Å². The van der Waals surface area contributed by atoms with E-state index >= 15 is 0 Å². The Morgan fingerprint density at radius 2 is 2.47 bits per heavy atom. The van der Waals surface area contributed by atoms with E-state index in [4.69, 9.17) is 4.74 Å². The van der Waals surface area contributed by atoms with Crippen LogP contribution in [0.5, 0.6) is 0 Å². The maximum absolute atomic E-state index is 10.5. The molecule has 6 heteroatoms. The number of anilines is 1. The van der Waals surface area contributed by atoms with Crippen molar-refractivity contribution in [1.29, 1.82) is 0 Å². The number of hydrogen-bond donors (Lipinski definition) is 1. The third kappa shape index (κ3) is 2.91. The molecule has 0 radical (unpaired) electrons. The molecule has 0 bridgehead atoms. The third-order valence-corrected chi connectivity index (χ3v) is 2.86. The Morgan fingerprint density at radius 1 is 1.65 bits per heavy atom. The minimum atomic E-state index is -0.458. The SMILES string of the molecule is C[C@H](Nc1ccc([N+](=O)[O-])cn1)[C@H]1CCCO1. The summed E-state index contributed by atoms with van der Waals surface area (Å²) in [6.07, 6.45) is 3.59. The summed E-state index contributed by atoms with van der Waals surface area (Å²) in [7, 11) is 0. The van der Waals surface area contributed by atoms with Crippen LogP contribution < -0.4 is 5.32 Å². The van der Waals surface area contributed by atoms with Crippen LogP contribution in [0.25, 0.3) is 0 Å². The summed E-state index contributed by atoms with van der Waals surface area (Å²) in [5.74, 6) is 0.638. The van der Waals surface area contributed by atoms with E-state index in [0.29, 0.717) is 5.82 Å². The van der Waals surface area contributed by atoms with E-state index in [1.165, 1.54) is 12.3 Å². The molecule has 6 nitrogen and oxygen atoms in total. The number of rotatable bonds is 4. The molecule has 0 unspecified atom stereocenters. The van der Waals surface area contributed by atoms with Crippen LogP contribution in [0.4, 0.5) is 11.5 Å². The minimum absolute atomic E-state index is 0.000296. The standard InChI is InChI=1S/C11H15N3O3/c1-8(10-3-2-6-17-10)13-11-5-4-9(7-12-11)14(15)16/h4-5,7-8,10H,2-3,6H2,1H3,(H,12,13)/t8-,10+/m0/s1. The number of nitro groups is 1. The van der Waals surface area contributed by atoms with Crippen molar-refractivity contribution in [1.82, 2.24) is 4.98 Å². The summed E-state index contributed by atoms with van der Waals surface area (Å²) in [4.78, 5) is 14.0. The Labute approximate surface area is 99.2 Å². The fourth-order valence-electron chi connectivity index (χ4n) is 1.90. The van der Waals surface area contributed by atoms with Crippen molar-refractivity contribution < 1.29 is 9.66 Å². The summed E-state index contributed by atoms with van der Waals surface area (Å²) >= 11 is 0. The molecule has 1 fully saturated rings. The molecular weight excluding hydrogens is 222 g/mol. The second-order valence-corrected chi connectivity index (χ2v) is 4.14. The number of aromatic nitrogens is 1. The van der Waals surface area contributed by atoms with Gasteiger partial charge < -0.3 is 10.1 Å². The number of pyridine rings is 1. The van der Waals surface area contributed by atoms with Gasteiger partial charge >= 0.3 is 0 Å². The van der Waals surface area contributed by atoms with Gasteiger partial charge in [-0.25, -0.2) is 4.98 Å². The molecule has 0 spiro atoms. The summed E-state index contributed by atoms with van der Waals surface area (Å²) in [6.45, 7) is 2.84. The van der Waals surface area contributed by atoms with Crippen molar-refractivity contribution in [3.63, 3.8) is 0 Å². The van der Waals surface area contributed by atoms with Crippen LogP contribution in [0, 0.1) is 10.1 Å². The predicted octanol–water partition coefficient (Wildman–Crippen LogP) is 1.97. The van der Waals surface area contributed by atoms with Crippen LogP contribution in [-0.4, -0.2) is 28.7 Å². The smallest absolute Gasteiger partial charge is 0.287 e. The molecule has 1 aliphatic heterocycles. The van der Waals surface area contributed by atoms with E-state index < -0.39 is 4.92 Å². The Morgan fingerprint density at radius 3 is 3.00 bits per heavy atom. The number of nitrogens with one attached hydrogen (secondary N) is 1. The van der Waals surface area contributed by atoms with Crippen LogP contribution in [0.15, 0.2) is 18.3 Å². The molecule has 0 saturated carbocycles. The quantitative estimate of drug-likeness (QED) is 0.639. The maximum Gasteiger partial charge on any atom is 0.287 e. The Balaban J connectivity index is 1.96. The normalized spacial score (nSPS) is 21.1. The number of ether oxygens (including phenoxy) is 1. The van der Waals surface area contributed by atoms with E-state index in [-0.39, 0.29) is 17.8 Å². The van der Waals surface area contributed by atoms with Crippen molar-refractivity contribution in [3.8, 4) is 0 Å². The van der Waals surface area contributed by atoms with Crippen molar-refractivity contribution in [2.24, 2.45) is 0 Å². The van der Waals surface area contributed by atoms with Crippen molar-refractivity contribution in [2.75, 3.05) is 11.9 Å². The minimum Gasteiger partial charge on any atom is -0.376 e. The second kappa shape index (κ2) is 5.09. The molecule has 2 rings (SSSR count). The largest absolute Gasteiger partial charge is 0.376 e. The topological polar surface area (TPSA) is 77.3 Å². The fourth-order valence-corrected chi connectivity index (χ4v) is 1.90. The van der Waals surface area contributed by atoms with Gasteiger partial charge in [0.05, 0.1) is 17.1 Å². The summed E-state index contributed by atoms with van der Waals surface area (Å²) in [6, 6.07) is 3.22. The zero-order chi connectivity index (χ0) is 12.3. The lowest BCUT2D eigenvalue weighted by Crippen LogP contribution is -2.30. The summed E-state index contributed by atoms with van der Waals surface area (Å²) < 4.78 is 5.55. The van der Waals surface area contributed by atoms with Gasteiger partial charge in [0.15, 0.2) is 0 Å². The highest BCUT2D eigenvalue weighted by molar-refractivity contribution is 5.40. The molecule has 0 aromatic carbocycles. The van der Waals surface area contributed by atoms with Crippen molar-refractivity contribution in [2.45, 2.75) is 31.9 Å². The number of hydrogen-bond acceptors (Lipinski definition) is 5. The highest BCUT2D eigenvalue weighted by atomic mass is 16.6. The fraction of sp³-hybridized carbons (Fsp3) is 0.545. The Bertz CT molecular complexity index is 387. The molecule has 1 aliphatic rings. The van der Waals surface area contributed by atoms with Crippen LogP contribution in [0.1, 0.15) is 19.8 Å². The van der Waals surface area contributed by atoms with Gasteiger partial charge in [-0.1, -0.05) is 0 Å². The molecule has 1 aromatic heterocycles. The highest BCUT2D eigenvalue weighted by Gasteiger charge is 2.22. The molecule has 17 heavy (non-hydrogen) atoms. The highest BCUT2D eigenvalue weighted by Crippen LogP contribution is 2.19. The second-order valence-electron chi connectivity index (χ2n) is 4.14. The Kier molecular flexibility index (Phi) is 3.53. The van der Waals surface area contributed by atoms with E-state index in [1.807, 2.05) is 6.92 Å². The lowest BCUT2D eigenvalue weighted by atomic mass is 10.1. The van der Waals surface area contributed by atoms with E-state index in [2.05, 4.69) is 10.3 Å². The molecular formula is C11H15N3O3. The molecule has 0 amide bonds. The molecule has 0 aliphatic carbocycles. The van der Waals surface area contributed by atoms with Crippen LogP contribution in [-0.2, 0) is 4.74 Å². The predicted molar refractivity (Wildman–Crippen MR) is 63.0 cm³/mol. The maximum atomic E-state index is 10.5. The van der Waals surface area contributed by atoms with Gasteiger partial charge in [0.2, 0.25) is 0 Å². The zero-order valence-electron chi connectivity index (χ0n) is 9.63. The summed E-state index contributed by atoms with van der Waals surface area (Å²) in [5, 5.41) is 13.7. The zero-order valence-corrected chi connectivity index (χ0v) is 9.63. The van der Waals surface area contributed by atoms with E-state index in [0.717, 1.165) is 19.4 Å².